The highest BCUT2D eigenvalue weighted by Gasteiger charge is 2.09. The molecule has 1 aromatic heterocycles. The Kier molecular flexibility index (Phi) is 6.62. The summed E-state index contributed by atoms with van der Waals surface area (Å²) in [7, 11) is 0. The number of carbonyl (C=O) groups is 1. The molecule has 0 fully saturated rings. The van der Waals surface area contributed by atoms with Crippen LogP contribution in [-0.2, 0) is 4.79 Å². The molecule has 1 heterocycles. The lowest BCUT2D eigenvalue weighted by Gasteiger charge is -2.06. The minimum absolute atomic E-state index is 0.178. The minimum Gasteiger partial charge on any atom is -0.484 e. The summed E-state index contributed by atoms with van der Waals surface area (Å²) in [4.78, 5) is 11.8. The van der Waals surface area contributed by atoms with Crippen LogP contribution in [0.2, 0.25) is 15.1 Å². The molecule has 28 heavy (non-hydrogen) atoms. The number of hydrazone groups is 1. The molecule has 0 saturated heterocycles. The number of aryl methyl sites for hydroxylation is 1. The number of carbonyl (C=O) groups excluding carboxylic acids is 1. The Balaban J connectivity index is 1.53. The van der Waals surface area contributed by atoms with Crippen molar-refractivity contribution in [3.63, 3.8) is 0 Å². The third-order valence-corrected chi connectivity index (χ3v) is 4.68. The van der Waals surface area contributed by atoms with Gasteiger partial charge in [0.05, 0.1) is 11.2 Å². The predicted octanol–water partition coefficient (Wildman–Crippen LogP) is 5.74. The quantitative estimate of drug-likeness (QED) is 0.395. The average Bonchev–Trinajstić information content (AvgIpc) is 3.11. The molecular weight excluding hydrogens is 423 g/mol. The van der Waals surface area contributed by atoms with Crippen molar-refractivity contribution >= 4 is 46.9 Å². The second-order valence-corrected chi connectivity index (χ2v) is 7.07. The molecule has 144 valence electrons. The second-order valence-electron chi connectivity index (χ2n) is 5.82. The summed E-state index contributed by atoms with van der Waals surface area (Å²) < 4.78 is 11.1. The molecule has 0 atom stereocenters. The largest absolute Gasteiger partial charge is 0.484 e. The molecule has 0 bridgehead atoms. The smallest absolute Gasteiger partial charge is 0.277 e. The van der Waals surface area contributed by atoms with Crippen molar-refractivity contribution in [2.45, 2.75) is 6.92 Å². The Morgan fingerprint density at radius 1 is 1.11 bits per heavy atom. The maximum Gasteiger partial charge on any atom is 0.277 e. The zero-order valence-corrected chi connectivity index (χ0v) is 17.0. The predicted molar refractivity (Wildman–Crippen MR) is 112 cm³/mol. The number of furan rings is 1. The van der Waals surface area contributed by atoms with Gasteiger partial charge in [-0.25, -0.2) is 5.43 Å². The van der Waals surface area contributed by atoms with Crippen LogP contribution in [0.15, 0.2) is 58.0 Å². The number of benzene rings is 2. The Hall–Kier alpha value is -2.47. The molecule has 8 heteroatoms. The van der Waals surface area contributed by atoms with Crippen LogP contribution in [0.4, 0.5) is 0 Å². The van der Waals surface area contributed by atoms with E-state index in [1.165, 1.54) is 6.21 Å². The molecule has 0 aliphatic carbocycles. The number of ether oxygens (including phenoxy) is 1. The first-order valence-corrected chi connectivity index (χ1v) is 9.32. The van der Waals surface area contributed by atoms with E-state index in [0.29, 0.717) is 37.9 Å². The lowest BCUT2D eigenvalue weighted by Crippen LogP contribution is -2.24. The summed E-state index contributed by atoms with van der Waals surface area (Å²) in [5.41, 5.74) is 3.95. The first-order chi connectivity index (χ1) is 13.4. The van der Waals surface area contributed by atoms with Crippen LogP contribution in [0.25, 0.3) is 11.3 Å². The molecule has 3 rings (SSSR count). The van der Waals surface area contributed by atoms with Crippen molar-refractivity contribution in [3.05, 3.63) is 74.9 Å². The molecule has 0 aliphatic rings. The number of rotatable bonds is 6. The van der Waals surface area contributed by atoms with E-state index in [4.69, 9.17) is 44.0 Å². The van der Waals surface area contributed by atoms with Gasteiger partial charge >= 0.3 is 0 Å². The van der Waals surface area contributed by atoms with Crippen molar-refractivity contribution in [3.8, 4) is 17.1 Å². The van der Waals surface area contributed by atoms with Crippen molar-refractivity contribution in [1.82, 2.24) is 5.43 Å². The first-order valence-electron chi connectivity index (χ1n) is 8.18. The summed E-state index contributed by atoms with van der Waals surface area (Å²) in [5, 5.41) is 5.52. The van der Waals surface area contributed by atoms with E-state index in [2.05, 4.69) is 10.5 Å². The number of amides is 1. The zero-order valence-electron chi connectivity index (χ0n) is 14.7. The van der Waals surface area contributed by atoms with Crippen LogP contribution in [0.3, 0.4) is 0 Å². The van der Waals surface area contributed by atoms with Gasteiger partial charge in [0.15, 0.2) is 6.61 Å². The molecule has 3 aromatic rings. The standard InChI is InChI=1S/C20H15Cl3N2O3/c1-12-8-14(3-6-17(12)22)27-11-20(26)25-24-10-15-4-7-19(28-15)16-5-2-13(21)9-18(16)23/h2-10H,11H2,1H3,(H,25,26)/b24-10+. The summed E-state index contributed by atoms with van der Waals surface area (Å²) in [6.45, 7) is 1.68. The average molecular weight is 438 g/mol. The van der Waals surface area contributed by atoms with E-state index in [-0.39, 0.29) is 6.61 Å². The van der Waals surface area contributed by atoms with Gasteiger partial charge in [0.1, 0.15) is 17.3 Å². The molecule has 2 aromatic carbocycles. The number of nitrogens with one attached hydrogen (secondary N) is 1. The number of hydrogen-bond donors (Lipinski definition) is 1. The molecule has 0 spiro atoms. The van der Waals surface area contributed by atoms with Crippen LogP contribution in [-0.4, -0.2) is 18.7 Å². The van der Waals surface area contributed by atoms with E-state index in [1.807, 2.05) is 6.92 Å². The fraction of sp³-hybridized carbons (Fsp3) is 0.100. The van der Waals surface area contributed by atoms with Gasteiger partial charge in [-0.1, -0.05) is 34.8 Å². The van der Waals surface area contributed by atoms with Gasteiger partial charge in [-0.3, -0.25) is 4.79 Å². The van der Waals surface area contributed by atoms with Crippen molar-refractivity contribution < 1.29 is 13.9 Å². The van der Waals surface area contributed by atoms with Crippen LogP contribution < -0.4 is 10.2 Å². The van der Waals surface area contributed by atoms with E-state index in [1.54, 1.807) is 48.5 Å². The zero-order chi connectivity index (χ0) is 20.1. The van der Waals surface area contributed by atoms with E-state index in [0.717, 1.165) is 5.56 Å². The van der Waals surface area contributed by atoms with Gasteiger partial charge in [0, 0.05) is 15.6 Å². The number of hydrogen-bond acceptors (Lipinski definition) is 4. The molecule has 0 saturated carbocycles. The Bertz CT molecular complexity index is 1030. The third kappa shape index (κ3) is 5.29. The Morgan fingerprint density at radius 2 is 1.93 bits per heavy atom. The van der Waals surface area contributed by atoms with E-state index in [9.17, 15) is 4.79 Å². The molecule has 0 unspecified atom stereocenters. The third-order valence-electron chi connectivity index (χ3n) is 3.70. The molecule has 0 aliphatic heterocycles. The fourth-order valence-electron chi connectivity index (χ4n) is 2.31. The summed E-state index contributed by atoms with van der Waals surface area (Å²) in [6, 6.07) is 13.8. The first kappa shape index (κ1) is 20.3. The lowest BCUT2D eigenvalue weighted by molar-refractivity contribution is -0.123. The number of nitrogens with zero attached hydrogens (tertiary/aromatic N) is 1. The fourth-order valence-corrected chi connectivity index (χ4v) is 2.93. The van der Waals surface area contributed by atoms with Gasteiger partial charge in [0.2, 0.25) is 0 Å². The van der Waals surface area contributed by atoms with E-state index < -0.39 is 5.91 Å². The maximum absolute atomic E-state index is 11.8. The van der Waals surface area contributed by atoms with Gasteiger partial charge in [0.25, 0.3) is 5.91 Å². The van der Waals surface area contributed by atoms with Crippen LogP contribution in [0.1, 0.15) is 11.3 Å². The Morgan fingerprint density at radius 3 is 2.68 bits per heavy atom. The van der Waals surface area contributed by atoms with Gasteiger partial charge in [-0.2, -0.15) is 5.10 Å². The molecule has 0 radical (unpaired) electrons. The SMILES string of the molecule is Cc1cc(OCC(=O)N/N=C/c2ccc(-c3ccc(Cl)cc3Cl)o2)ccc1Cl. The molecule has 1 amide bonds. The Labute approximate surface area is 176 Å². The van der Waals surface area contributed by atoms with Gasteiger partial charge in [-0.15, -0.1) is 0 Å². The van der Waals surface area contributed by atoms with E-state index >= 15 is 0 Å². The normalized spacial score (nSPS) is 11.0. The summed E-state index contributed by atoms with van der Waals surface area (Å²) >= 11 is 18.0. The van der Waals surface area contributed by atoms with Crippen molar-refractivity contribution in [2.75, 3.05) is 6.61 Å². The highest BCUT2D eigenvalue weighted by molar-refractivity contribution is 6.36. The van der Waals surface area contributed by atoms with Crippen LogP contribution >= 0.6 is 34.8 Å². The van der Waals surface area contributed by atoms with Crippen molar-refractivity contribution in [1.29, 1.82) is 0 Å². The van der Waals surface area contributed by atoms with Gasteiger partial charge in [-0.05, 0) is 61.0 Å². The van der Waals surface area contributed by atoms with Crippen molar-refractivity contribution in [2.24, 2.45) is 5.10 Å². The van der Waals surface area contributed by atoms with Gasteiger partial charge < -0.3 is 9.15 Å². The highest BCUT2D eigenvalue weighted by Crippen LogP contribution is 2.31. The topological polar surface area (TPSA) is 63.8 Å². The lowest BCUT2D eigenvalue weighted by atomic mass is 10.2. The maximum atomic E-state index is 11.8. The molecular formula is C20H15Cl3N2O3. The highest BCUT2D eigenvalue weighted by atomic mass is 35.5. The molecule has 5 nitrogen and oxygen atoms in total. The summed E-state index contributed by atoms with van der Waals surface area (Å²) in [5.74, 6) is 1.17. The monoisotopic (exact) mass is 436 g/mol. The second kappa shape index (κ2) is 9.15. The minimum atomic E-state index is -0.406. The van der Waals surface area contributed by atoms with Crippen LogP contribution in [0.5, 0.6) is 5.75 Å². The number of halogens is 3. The van der Waals surface area contributed by atoms with Crippen LogP contribution in [0, 0.1) is 6.92 Å². The molecule has 1 N–H and O–H groups in total. The summed E-state index contributed by atoms with van der Waals surface area (Å²) in [6.07, 6.45) is 1.39.